The highest BCUT2D eigenvalue weighted by Crippen LogP contribution is 2.33. The van der Waals surface area contributed by atoms with Gasteiger partial charge in [0.25, 0.3) is 0 Å². The molecule has 1 saturated carbocycles. The van der Waals surface area contributed by atoms with Crippen LogP contribution in [0.15, 0.2) is 22.8 Å². The Morgan fingerprint density at radius 3 is 2.86 bits per heavy atom. The molecular formula is C11H15BrN2. The topological polar surface area (TPSA) is 38.9 Å². The van der Waals surface area contributed by atoms with Crippen LogP contribution in [0.5, 0.6) is 0 Å². The van der Waals surface area contributed by atoms with Crippen LogP contribution in [-0.2, 0) is 6.42 Å². The lowest BCUT2D eigenvalue weighted by molar-refractivity contribution is 0.547. The first kappa shape index (κ1) is 10.1. The Balaban J connectivity index is 1.82. The normalized spacial score (nSPS) is 18.1. The van der Waals surface area contributed by atoms with Gasteiger partial charge in [-0.3, -0.25) is 4.98 Å². The van der Waals surface area contributed by atoms with Gasteiger partial charge in [-0.15, -0.1) is 0 Å². The molecule has 1 aromatic heterocycles. The zero-order valence-electron chi connectivity index (χ0n) is 8.12. The maximum absolute atomic E-state index is 6.02. The van der Waals surface area contributed by atoms with Crippen LogP contribution in [0.2, 0.25) is 0 Å². The van der Waals surface area contributed by atoms with Crippen molar-refractivity contribution in [3.05, 3.63) is 28.5 Å². The molecule has 1 heterocycles. The molecule has 1 aliphatic carbocycles. The van der Waals surface area contributed by atoms with Crippen molar-refractivity contribution in [3.8, 4) is 0 Å². The molecule has 1 aromatic rings. The Morgan fingerprint density at radius 1 is 1.50 bits per heavy atom. The standard InChI is InChI=1S/C11H15BrN2/c12-9-3-4-10(14-7-9)5-6-11(13)8-1-2-8/h3-4,7-8,11H,1-2,5-6,13H2. The summed E-state index contributed by atoms with van der Waals surface area (Å²) in [4.78, 5) is 4.33. The first-order valence-electron chi connectivity index (χ1n) is 5.12. The Labute approximate surface area is 93.0 Å². The molecule has 76 valence electrons. The molecule has 0 aliphatic heterocycles. The van der Waals surface area contributed by atoms with Gasteiger partial charge in [0.1, 0.15) is 0 Å². The third kappa shape index (κ3) is 2.79. The number of aromatic nitrogens is 1. The molecule has 3 heteroatoms. The number of hydrogen-bond donors (Lipinski definition) is 1. The molecule has 0 saturated heterocycles. The number of nitrogens with two attached hydrogens (primary N) is 1. The van der Waals surface area contributed by atoms with Crippen LogP contribution in [0.4, 0.5) is 0 Å². The molecule has 14 heavy (non-hydrogen) atoms. The van der Waals surface area contributed by atoms with E-state index in [1.807, 2.05) is 12.3 Å². The van der Waals surface area contributed by atoms with Crippen molar-refractivity contribution in [2.24, 2.45) is 11.7 Å². The lowest BCUT2D eigenvalue weighted by Gasteiger charge is -2.08. The largest absolute Gasteiger partial charge is 0.327 e. The van der Waals surface area contributed by atoms with Gasteiger partial charge in [-0.2, -0.15) is 0 Å². The summed E-state index contributed by atoms with van der Waals surface area (Å²) in [5.74, 6) is 0.797. The van der Waals surface area contributed by atoms with E-state index in [1.54, 1.807) is 0 Å². The van der Waals surface area contributed by atoms with Crippen molar-refractivity contribution < 1.29 is 0 Å². The number of pyridine rings is 1. The number of hydrogen-bond acceptors (Lipinski definition) is 2. The van der Waals surface area contributed by atoms with Crippen molar-refractivity contribution in [2.45, 2.75) is 31.7 Å². The minimum Gasteiger partial charge on any atom is -0.327 e. The summed E-state index contributed by atoms with van der Waals surface area (Å²) in [5, 5.41) is 0. The van der Waals surface area contributed by atoms with Crippen molar-refractivity contribution in [1.82, 2.24) is 4.98 Å². The molecular weight excluding hydrogens is 240 g/mol. The minimum absolute atomic E-state index is 0.389. The Bertz CT molecular complexity index is 293. The smallest absolute Gasteiger partial charge is 0.0413 e. The second-order valence-corrected chi connectivity index (χ2v) is 4.92. The Hall–Kier alpha value is -0.410. The van der Waals surface area contributed by atoms with Crippen molar-refractivity contribution >= 4 is 15.9 Å². The molecule has 1 unspecified atom stereocenters. The lowest BCUT2D eigenvalue weighted by atomic mass is 10.1. The van der Waals surface area contributed by atoms with E-state index >= 15 is 0 Å². The molecule has 2 N–H and O–H groups in total. The van der Waals surface area contributed by atoms with E-state index in [4.69, 9.17) is 5.73 Å². The van der Waals surface area contributed by atoms with Crippen LogP contribution >= 0.6 is 15.9 Å². The summed E-state index contributed by atoms with van der Waals surface area (Å²) in [6.07, 6.45) is 6.58. The van der Waals surface area contributed by atoms with Crippen LogP contribution in [-0.4, -0.2) is 11.0 Å². The molecule has 0 bridgehead atoms. The fourth-order valence-corrected chi connectivity index (χ4v) is 1.86. The summed E-state index contributed by atoms with van der Waals surface area (Å²) in [6, 6.07) is 4.48. The third-order valence-electron chi connectivity index (χ3n) is 2.75. The van der Waals surface area contributed by atoms with Gasteiger partial charge >= 0.3 is 0 Å². The second kappa shape index (κ2) is 4.41. The molecule has 0 aromatic carbocycles. The van der Waals surface area contributed by atoms with Crippen molar-refractivity contribution in [1.29, 1.82) is 0 Å². The summed E-state index contributed by atoms with van der Waals surface area (Å²) >= 11 is 3.37. The van der Waals surface area contributed by atoms with E-state index in [9.17, 15) is 0 Å². The number of aryl methyl sites for hydroxylation is 1. The van der Waals surface area contributed by atoms with Gasteiger partial charge in [0, 0.05) is 22.4 Å². The molecule has 1 aliphatic rings. The highest BCUT2D eigenvalue weighted by atomic mass is 79.9. The minimum atomic E-state index is 0.389. The van der Waals surface area contributed by atoms with Crippen LogP contribution < -0.4 is 5.73 Å². The molecule has 0 amide bonds. The SMILES string of the molecule is NC(CCc1ccc(Br)cn1)C1CC1. The fraction of sp³-hybridized carbons (Fsp3) is 0.545. The predicted molar refractivity (Wildman–Crippen MR) is 61.0 cm³/mol. The number of nitrogens with zero attached hydrogens (tertiary/aromatic N) is 1. The highest BCUT2D eigenvalue weighted by molar-refractivity contribution is 9.10. The monoisotopic (exact) mass is 254 g/mol. The third-order valence-corrected chi connectivity index (χ3v) is 3.22. The van der Waals surface area contributed by atoms with Crippen LogP contribution in [0.3, 0.4) is 0 Å². The molecule has 1 fully saturated rings. The average molecular weight is 255 g/mol. The van der Waals surface area contributed by atoms with E-state index in [0.29, 0.717) is 6.04 Å². The Morgan fingerprint density at radius 2 is 2.29 bits per heavy atom. The van der Waals surface area contributed by atoms with Crippen LogP contribution in [0.25, 0.3) is 0 Å². The maximum atomic E-state index is 6.02. The summed E-state index contributed by atoms with van der Waals surface area (Å²) in [6.45, 7) is 0. The highest BCUT2D eigenvalue weighted by Gasteiger charge is 2.27. The summed E-state index contributed by atoms with van der Waals surface area (Å²) in [7, 11) is 0. The molecule has 0 spiro atoms. The molecule has 2 nitrogen and oxygen atoms in total. The zero-order valence-corrected chi connectivity index (χ0v) is 9.70. The molecule has 2 rings (SSSR count). The maximum Gasteiger partial charge on any atom is 0.0413 e. The first-order valence-corrected chi connectivity index (χ1v) is 5.91. The van der Waals surface area contributed by atoms with E-state index in [1.165, 1.54) is 12.8 Å². The van der Waals surface area contributed by atoms with Gasteiger partial charge in [0.05, 0.1) is 0 Å². The van der Waals surface area contributed by atoms with Gasteiger partial charge in [-0.1, -0.05) is 0 Å². The molecule has 1 atom stereocenters. The lowest BCUT2D eigenvalue weighted by Crippen LogP contribution is -2.23. The van der Waals surface area contributed by atoms with Gasteiger partial charge in [0.15, 0.2) is 0 Å². The van der Waals surface area contributed by atoms with E-state index in [0.717, 1.165) is 28.9 Å². The number of rotatable bonds is 4. The van der Waals surface area contributed by atoms with E-state index in [2.05, 4.69) is 27.0 Å². The quantitative estimate of drug-likeness (QED) is 0.897. The average Bonchev–Trinajstić information content (AvgIpc) is 3.00. The Kier molecular flexibility index (Phi) is 3.19. The summed E-state index contributed by atoms with van der Waals surface area (Å²) < 4.78 is 1.03. The van der Waals surface area contributed by atoms with Gasteiger partial charge in [0.2, 0.25) is 0 Å². The van der Waals surface area contributed by atoms with Crippen LogP contribution in [0, 0.1) is 5.92 Å². The van der Waals surface area contributed by atoms with Gasteiger partial charge in [-0.25, -0.2) is 0 Å². The van der Waals surface area contributed by atoms with E-state index < -0.39 is 0 Å². The van der Waals surface area contributed by atoms with Gasteiger partial charge in [-0.05, 0) is 59.7 Å². The molecule has 0 radical (unpaired) electrons. The fourth-order valence-electron chi connectivity index (χ4n) is 1.63. The van der Waals surface area contributed by atoms with Crippen molar-refractivity contribution in [2.75, 3.05) is 0 Å². The van der Waals surface area contributed by atoms with Gasteiger partial charge < -0.3 is 5.73 Å². The number of halogens is 1. The van der Waals surface area contributed by atoms with Crippen LogP contribution in [0.1, 0.15) is 25.0 Å². The first-order chi connectivity index (χ1) is 6.75. The summed E-state index contributed by atoms with van der Waals surface area (Å²) in [5.41, 5.74) is 7.16. The predicted octanol–water partition coefficient (Wildman–Crippen LogP) is 2.51. The second-order valence-electron chi connectivity index (χ2n) is 4.01. The zero-order chi connectivity index (χ0) is 9.97. The van der Waals surface area contributed by atoms with E-state index in [-0.39, 0.29) is 0 Å². The van der Waals surface area contributed by atoms with Crippen molar-refractivity contribution in [3.63, 3.8) is 0 Å².